The van der Waals surface area contributed by atoms with Crippen LogP contribution < -0.4 is 20.1 Å². The smallest absolute Gasteiger partial charge is 0.261 e. The molecule has 6 nitrogen and oxygen atoms in total. The van der Waals surface area contributed by atoms with Gasteiger partial charge in [0.05, 0.1) is 25.6 Å². The number of amides is 2. The van der Waals surface area contributed by atoms with Crippen molar-refractivity contribution >= 4 is 40.6 Å². The van der Waals surface area contributed by atoms with Gasteiger partial charge in [0.1, 0.15) is 17.1 Å². The Morgan fingerprint density at radius 1 is 0.828 bits per heavy atom. The Morgan fingerprint density at radius 3 is 1.79 bits per heavy atom. The Labute approximate surface area is 172 Å². The fourth-order valence-corrected chi connectivity index (χ4v) is 3.25. The first-order valence-corrected chi connectivity index (χ1v) is 9.69. The zero-order chi connectivity index (χ0) is 20.6. The van der Waals surface area contributed by atoms with E-state index in [4.69, 9.17) is 9.47 Å². The van der Waals surface area contributed by atoms with Crippen LogP contribution in [0, 0.1) is 0 Å². The number of hydrogen-bond donors (Lipinski definition) is 2. The van der Waals surface area contributed by atoms with Crippen molar-refractivity contribution < 1.29 is 19.1 Å². The molecular weight excluding hydrogens is 388 g/mol. The van der Waals surface area contributed by atoms with Gasteiger partial charge in [0, 0.05) is 0 Å². The largest absolute Gasteiger partial charge is 0.495 e. The zero-order valence-corrected chi connectivity index (χ0v) is 16.8. The summed E-state index contributed by atoms with van der Waals surface area (Å²) in [6, 6.07) is 15.8. The lowest BCUT2D eigenvalue weighted by molar-refractivity contribution is -0.118. The number of thiophene rings is 1. The van der Waals surface area contributed by atoms with E-state index in [0.717, 1.165) is 5.56 Å². The van der Waals surface area contributed by atoms with E-state index in [1.165, 1.54) is 25.6 Å². The minimum atomic E-state index is -0.548. The molecule has 0 saturated carbocycles. The molecule has 0 fully saturated rings. The third-order valence-electron chi connectivity index (χ3n) is 4.05. The van der Waals surface area contributed by atoms with Crippen molar-refractivity contribution in [2.24, 2.45) is 0 Å². The van der Waals surface area contributed by atoms with Crippen LogP contribution in [0.2, 0.25) is 0 Å². The number of carbonyl (C=O) groups is 2. The summed E-state index contributed by atoms with van der Waals surface area (Å²) in [7, 11) is 3.03. The quantitative estimate of drug-likeness (QED) is 0.345. The zero-order valence-electron chi connectivity index (χ0n) is 16.0. The van der Waals surface area contributed by atoms with E-state index in [0.29, 0.717) is 22.9 Å². The van der Waals surface area contributed by atoms with Crippen LogP contribution in [0.5, 0.6) is 11.5 Å². The predicted molar refractivity (Wildman–Crippen MR) is 116 cm³/mol. The van der Waals surface area contributed by atoms with Crippen LogP contribution in [0.4, 0.5) is 11.4 Å². The van der Waals surface area contributed by atoms with E-state index in [-0.39, 0.29) is 5.57 Å². The van der Waals surface area contributed by atoms with Crippen molar-refractivity contribution in [1.82, 2.24) is 0 Å². The molecule has 2 aromatic carbocycles. The molecule has 2 amide bonds. The van der Waals surface area contributed by atoms with Crippen molar-refractivity contribution in [1.29, 1.82) is 0 Å². The number of methoxy groups -OCH3 is 2. The second-order valence-electron chi connectivity index (χ2n) is 5.92. The number of nitrogens with one attached hydrogen (secondary N) is 2. The van der Waals surface area contributed by atoms with Gasteiger partial charge < -0.3 is 20.1 Å². The van der Waals surface area contributed by atoms with Gasteiger partial charge in [-0.3, -0.25) is 9.59 Å². The van der Waals surface area contributed by atoms with Gasteiger partial charge in [-0.2, -0.15) is 11.3 Å². The van der Waals surface area contributed by atoms with Crippen LogP contribution in [0.25, 0.3) is 6.08 Å². The van der Waals surface area contributed by atoms with E-state index >= 15 is 0 Å². The number of benzene rings is 2. The minimum absolute atomic E-state index is 0.0415. The average Bonchev–Trinajstić information content (AvgIpc) is 3.26. The van der Waals surface area contributed by atoms with Gasteiger partial charge in [-0.1, -0.05) is 24.3 Å². The third kappa shape index (κ3) is 5.03. The fourth-order valence-electron chi connectivity index (χ4n) is 2.63. The maximum Gasteiger partial charge on any atom is 0.261 e. The number of hydrogen-bond acceptors (Lipinski definition) is 5. The summed E-state index contributed by atoms with van der Waals surface area (Å²) < 4.78 is 10.5. The number of para-hydroxylation sites is 4. The lowest BCUT2D eigenvalue weighted by Gasteiger charge is -2.13. The highest BCUT2D eigenvalue weighted by molar-refractivity contribution is 7.08. The van der Waals surface area contributed by atoms with Crippen molar-refractivity contribution in [2.45, 2.75) is 0 Å². The van der Waals surface area contributed by atoms with E-state index in [1.807, 2.05) is 16.8 Å². The highest BCUT2D eigenvalue weighted by Crippen LogP contribution is 2.26. The molecule has 0 saturated heterocycles. The van der Waals surface area contributed by atoms with Gasteiger partial charge in [0.15, 0.2) is 0 Å². The summed E-state index contributed by atoms with van der Waals surface area (Å²) >= 11 is 1.48. The van der Waals surface area contributed by atoms with Crippen molar-refractivity contribution in [3.05, 3.63) is 76.5 Å². The molecule has 0 aliphatic rings. The normalized spacial score (nSPS) is 10.0. The van der Waals surface area contributed by atoms with Gasteiger partial charge in [-0.05, 0) is 52.7 Å². The second-order valence-corrected chi connectivity index (χ2v) is 6.70. The molecule has 148 valence electrons. The van der Waals surface area contributed by atoms with E-state index in [1.54, 1.807) is 54.6 Å². The molecule has 0 bridgehead atoms. The summed E-state index contributed by atoms with van der Waals surface area (Å²) in [6.07, 6.45) is 1.55. The molecule has 3 rings (SSSR count). The molecule has 0 unspecified atom stereocenters. The standard InChI is InChI=1S/C22H20N2O4S/c1-27-19-9-5-3-7-17(19)23-21(25)16(13-15-11-12-29-14-15)22(26)24-18-8-4-6-10-20(18)28-2/h3-14H,1-2H3,(H,23,25)(H,24,26). The van der Waals surface area contributed by atoms with Crippen LogP contribution in [0.1, 0.15) is 5.56 Å². The number of ether oxygens (including phenoxy) is 2. The molecule has 0 spiro atoms. The molecule has 7 heteroatoms. The van der Waals surface area contributed by atoms with Crippen molar-refractivity contribution in [2.75, 3.05) is 24.9 Å². The van der Waals surface area contributed by atoms with Crippen LogP contribution in [-0.4, -0.2) is 26.0 Å². The molecule has 3 aromatic rings. The number of carbonyl (C=O) groups excluding carboxylic acids is 2. The van der Waals surface area contributed by atoms with Crippen LogP contribution in [0.3, 0.4) is 0 Å². The summed E-state index contributed by atoms with van der Waals surface area (Å²) in [4.78, 5) is 25.9. The lowest BCUT2D eigenvalue weighted by atomic mass is 10.1. The van der Waals surface area contributed by atoms with Crippen molar-refractivity contribution in [3.8, 4) is 11.5 Å². The average molecular weight is 408 g/mol. The first-order valence-electron chi connectivity index (χ1n) is 8.75. The Hall–Kier alpha value is -3.58. The molecule has 1 aromatic heterocycles. The topological polar surface area (TPSA) is 76.7 Å². The molecule has 0 radical (unpaired) electrons. The summed E-state index contributed by atoms with van der Waals surface area (Å²) in [6.45, 7) is 0. The van der Waals surface area contributed by atoms with Crippen LogP contribution in [-0.2, 0) is 9.59 Å². The summed E-state index contributed by atoms with van der Waals surface area (Å²) in [5, 5.41) is 9.23. The number of anilines is 2. The van der Waals surface area contributed by atoms with Gasteiger partial charge in [0.2, 0.25) is 0 Å². The number of rotatable bonds is 7. The Bertz CT molecular complexity index is 965. The maximum atomic E-state index is 13.0. The fraction of sp³-hybridized carbons (Fsp3) is 0.0909. The summed E-state index contributed by atoms with van der Waals surface area (Å²) in [5.41, 5.74) is 1.66. The van der Waals surface area contributed by atoms with Crippen molar-refractivity contribution in [3.63, 3.8) is 0 Å². The minimum Gasteiger partial charge on any atom is -0.495 e. The molecule has 0 aliphatic carbocycles. The van der Waals surface area contributed by atoms with Crippen LogP contribution >= 0.6 is 11.3 Å². The highest BCUT2D eigenvalue weighted by atomic mass is 32.1. The highest BCUT2D eigenvalue weighted by Gasteiger charge is 2.21. The van der Waals surface area contributed by atoms with E-state index in [9.17, 15) is 9.59 Å². The van der Waals surface area contributed by atoms with Gasteiger partial charge in [0.25, 0.3) is 11.8 Å². The molecule has 29 heavy (non-hydrogen) atoms. The Morgan fingerprint density at radius 2 is 1.34 bits per heavy atom. The van der Waals surface area contributed by atoms with Crippen LogP contribution in [0.15, 0.2) is 70.9 Å². The third-order valence-corrected chi connectivity index (χ3v) is 4.76. The maximum absolute atomic E-state index is 13.0. The first kappa shape index (κ1) is 20.2. The molecular formula is C22H20N2O4S. The summed E-state index contributed by atoms with van der Waals surface area (Å²) in [5.74, 6) is -0.0945. The Kier molecular flexibility index (Phi) is 6.65. The van der Waals surface area contributed by atoms with Gasteiger partial charge in [-0.25, -0.2) is 0 Å². The Balaban J connectivity index is 1.90. The molecule has 0 aliphatic heterocycles. The van der Waals surface area contributed by atoms with Gasteiger partial charge in [-0.15, -0.1) is 0 Å². The first-order chi connectivity index (χ1) is 14.1. The SMILES string of the molecule is COc1ccccc1NC(=O)C(=Cc1ccsc1)C(=O)Nc1ccccc1OC. The van der Waals surface area contributed by atoms with E-state index in [2.05, 4.69) is 10.6 Å². The lowest BCUT2D eigenvalue weighted by Crippen LogP contribution is -2.25. The predicted octanol–water partition coefficient (Wildman–Crippen LogP) is 4.43. The van der Waals surface area contributed by atoms with Gasteiger partial charge >= 0.3 is 0 Å². The molecule has 0 atom stereocenters. The monoisotopic (exact) mass is 408 g/mol. The second kappa shape index (κ2) is 9.57. The molecule has 2 N–H and O–H groups in total. The molecule has 1 heterocycles. The van der Waals surface area contributed by atoms with E-state index < -0.39 is 11.8 Å².